The van der Waals surface area contributed by atoms with Gasteiger partial charge in [-0.25, -0.2) is 0 Å². The SMILES string of the molecule is CCC/C(C)=N\N=C1/NC(=O)[C@@H](CC(=O)Nc2ccc(Cl)cc2C)S1. The van der Waals surface area contributed by atoms with E-state index in [1.807, 2.05) is 13.8 Å². The molecule has 6 nitrogen and oxygen atoms in total. The third-order valence-electron chi connectivity index (χ3n) is 3.53. The Morgan fingerprint density at radius 2 is 2.20 bits per heavy atom. The number of amides is 2. The van der Waals surface area contributed by atoms with Crippen molar-refractivity contribution in [2.75, 3.05) is 5.32 Å². The van der Waals surface area contributed by atoms with Crippen LogP contribution >= 0.6 is 23.4 Å². The van der Waals surface area contributed by atoms with Crippen molar-refractivity contribution < 1.29 is 9.59 Å². The van der Waals surface area contributed by atoms with Gasteiger partial charge >= 0.3 is 0 Å². The van der Waals surface area contributed by atoms with Crippen molar-refractivity contribution in [3.8, 4) is 0 Å². The topological polar surface area (TPSA) is 82.9 Å². The monoisotopic (exact) mass is 380 g/mol. The number of aryl methyl sites for hydroxylation is 1. The molecule has 0 aromatic heterocycles. The summed E-state index contributed by atoms with van der Waals surface area (Å²) in [6.45, 7) is 5.82. The molecule has 1 aromatic carbocycles. The van der Waals surface area contributed by atoms with Crippen LogP contribution in [-0.4, -0.2) is 27.9 Å². The lowest BCUT2D eigenvalue weighted by molar-refractivity contribution is -0.122. The minimum Gasteiger partial charge on any atom is -0.326 e. The summed E-state index contributed by atoms with van der Waals surface area (Å²) in [5.74, 6) is -0.458. The van der Waals surface area contributed by atoms with Gasteiger partial charge in [0, 0.05) is 22.8 Å². The second-order valence-corrected chi connectivity index (χ2v) is 7.43. The second kappa shape index (κ2) is 9.01. The summed E-state index contributed by atoms with van der Waals surface area (Å²) in [6, 6.07) is 5.23. The summed E-state index contributed by atoms with van der Waals surface area (Å²) in [4.78, 5) is 24.2. The highest BCUT2D eigenvalue weighted by molar-refractivity contribution is 8.15. The third-order valence-corrected chi connectivity index (χ3v) is 4.84. The van der Waals surface area contributed by atoms with Crippen LogP contribution in [0.15, 0.2) is 28.4 Å². The van der Waals surface area contributed by atoms with Crippen LogP contribution < -0.4 is 10.6 Å². The lowest BCUT2D eigenvalue weighted by Crippen LogP contribution is -2.28. The molecule has 2 rings (SSSR count). The van der Waals surface area contributed by atoms with Crippen LogP contribution in [0.2, 0.25) is 5.02 Å². The zero-order valence-corrected chi connectivity index (χ0v) is 16.0. The maximum atomic E-state index is 12.2. The number of nitrogens with zero attached hydrogens (tertiary/aromatic N) is 2. The predicted molar refractivity (Wildman–Crippen MR) is 104 cm³/mol. The Labute approximate surface area is 156 Å². The van der Waals surface area contributed by atoms with Crippen LogP contribution in [0.4, 0.5) is 5.69 Å². The van der Waals surface area contributed by atoms with Gasteiger partial charge in [-0.15, -0.1) is 5.10 Å². The van der Waals surface area contributed by atoms with E-state index in [0.29, 0.717) is 15.9 Å². The molecule has 1 heterocycles. The van der Waals surface area contributed by atoms with Crippen LogP contribution in [0.25, 0.3) is 0 Å². The van der Waals surface area contributed by atoms with Crippen LogP contribution in [-0.2, 0) is 9.59 Å². The molecule has 134 valence electrons. The van der Waals surface area contributed by atoms with Gasteiger partial charge < -0.3 is 10.6 Å². The highest BCUT2D eigenvalue weighted by Crippen LogP contribution is 2.24. The van der Waals surface area contributed by atoms with E-state index in [1.165, 1.54) is 11.8 Å². The van der Waals surface area contributed by atoms with E-state index in [0.717, 1.165) is 24.1 Å². The zero-order valence-electron chi connectivity index (χ0n) is 14.4. The fourth-order valence-electron chi connectivity index (χ4n) is 2.27. The minimum atomic E-state index is -0.506. The Bertz CT molecular complexity index is 733. The number of rotatable bonds is 6. The molecule has 0 radical (unpaired) electrons. The Kier molecular flexibility index (Phi) is 7.01. The summed E-state index contributed by atoms with van der Waals surface area (Å²) in [7, 11) is 0. The number of nitrogens with one attached hydrogen (secondary N) is 2. The molecule has 0 aliphatic carbocycles. The molecular formula is C17H21ClN4O2S. The van der Waals surface area contributed by atoms with Crippen molar-refractivity contribution in [2.45, 2.75) is 45.3 Å². The zero-order chi connectivity index (χ0) is 18.4. The van der Waals surface area contributed by atoms with Crippen molar-refractivity contribution in [1.82, 2.24) is 5.32 Å². The first-order chi connectivity index (χ1) is 11.9. The molecule has 2 N–H and O–H groups in total. The number of carbonyl (C=O) groups excluding carboxylic acids is 2. The second-order valence-electron chi connectivity index (χ2n) is 5.80. The molecule has 2 amide bonds. The molecule has 1 fully saturated rings. The fourth-order valence-corrected chi connectivity index (χ4v) is 3.41. The van der Waals surface area contributed by atoms with Crippen LogP contribution in [0.5, 0.6) is 0 Å². The summed E-state index contributed by atoms with van der Waals surface area (Å²) in [5.41, 5.74) is 2.46. The molecule has 0 bridgehead atoms. The summed E-state index contributed by atoms with van der Waals surface area (Å²) in [5, 5.41) is 14.1. The molecule has 8 heteroatoms. The average molecular weight is 381 g/mol. The van der Waals surface area contributed by atoms with E-state index in [4.69, 9.17) is 11.6 Å². The normalized spacial score (nSPS) is 19.2. The van der Waals surface area contributed by atoms with Gasteiger partial charge in [0.05, 0.1) is 0 Å². The van der Waals surface area contributed by atoms with Crippen LogP contribution in [0.3, 0.4) is 0 Å². The van der Waals surface area contributed by atoms with Gasteiger partial charge in [-0.05, 0) is 44.0 Å². The van der Waals surface area contributed by atoms with Gasteiger partial charge in [0.2, 0.25) is 11.8 Å². The first-order valence-electron chi connectivity index (χ1n) is 8.03. The number of amidine groups is 1. The van der Waals surface area contributed by atoms with Gasteiger partial charge in [0.25, 0.3) is 0 Å². The minimum absolute atomic E-state index is 0.0647. The number of benzene rings is 1. The molecule has 1 aliphatic rings. The van der Waals surface area contributed by atoms with E-state index in [1.54, 1.807) is 18.2 Å². The maximum absolute atomic E-state index is 12.2. The van der Waals surface area contributed by atoms with E-state index in [2.05, 4.69) is 27.8 Å². The molecule has 0 saturated carbocycles. The molecule has 25 heavy (non-hydrogen) atoms. The summed E-state index contributed by atoms with van der Waals surface area (Å²) < 4.78 is 0. The molecule has 0 spiro atoms. The number of hydrogen-bond acceptors (Lipinski definition) is 5. The molecular weight excluding hydrogens is 360 g/mol. The molecule has 1 aromatic rings. The first-order valence-corrected chi connectivity index (χ1v) is 9.29. The van der Waals surface area contributed by atoms with Gasteiger partial charge in [-0.2, -0.15) is 5.10 Å². The number of thioether (sulfide) groups is 1. The van der Waals surface area contributed by atoms with Gasteiger partial charge in [0.1, 0.15) is 5.25 Å². The Balaban J connectivity index is 1.94. The van der Waals surface area contributed by atoms with E-state index >= 15 is 0 Å². The van der Waals surface area contributed by atoms with Crippen molar-refractivity contribution >= 4 is 51.7 Å². The van der Waals surface area contributed by atoms with Crippen molar-refractivity contribution in [3.63, 3.8) is 0 Å². The van der Waals surface area contributed by atoms with E-state index in [9.17, 15) is 9.59 Å². The van der Waals surface area contributed by atoms with E-state index in [-0.39, 0.29) is 18.2 Å². The van der Waals surface area contributed by atoms with Crippen molar-refractivity contribution in [1.29, 1.82) is 0 Å². The lowest BCUT2D eigenvalue weighted by Gasteiger charge is -2.10. The molecule has 1 saturated heterocycles. The number of hydrogen-bond donors (Lipinski definition) is 2. The fraction of sp³-hybridized carbons (Fsp3) is 0.412. The largest absolute Gasteiger partial charge is 0.326 e. The number of halogens is 1. The standard InChI is InChI=1S/C17H21ClN4O2S/c1-4-5-11(3)21-22-17-20-16(24)14(25-17)9-15(23)19-13-7-6-12(18)8-10(13)2/h6-8,14H,4-5,9H2,1-3H3,(H,19,23)(H,20,22,24)/b21-11-/t14-/m1/s1. The summed E-state index contributed by atoms with van der Waals surface area (Å²) >= 11 is 7.13. The Morgan fingerprint density at radius 1 is 1.44 bits per heavy atom. The van der Waals surface area contributed by atoms with Gasteiger partial charge in [-0.3, -0.25) is 9.59 Å². The Morgan fingerprint density at radius 3 is 2.88 bits per heavy atom. The quantitative estimate of drug-likeness (QED) is 0.582. The number of carbonyl (C=O) groups is 2. The van der Waals surface area contributed by atoms with Gasteiger partial charge in [-0.1, -0.05) is 36.7 Å². The average Bonchev–Trinajstić information content (AvgIpc) is 2.88. The molecule has 0 unspecified atom stereocenters. The third kappa shape index (κ3) is 5.86. The lowest BCUT2D eigenvalue weighted by atomic mass is 10.2. The van der Waals surface area contributed by atoms with Crippen LogP contribution in [0, 0.1) is 6.92 Å². The highest BCUT2D eigenvalue weighted by Gasteiger charge is 2.32. The smallest absolute Gasteiger partial charge is 0.240 e. The highest BCUT2D eigenvalue weighted by atomic mass is 35.5. The van der Waals surface area contributed by atoms with E-state index < -0.39 is 5.25 Å². The Hall–Kier alpha value is -1.86. The van der Waals surface area contributed by atoms with Crippen LogP contribution in [0.1, 0.15) is 38.7 Å². The molecule has 1 aliphatic heterocycles. The van der Waals surface area contributed by atoms with Gasteiger partial charge in [0.15, 0.2) is 5.17 Å². The number of anilines is 1. The van der Waals surface area contributed by atoms with Crippen molar-refractivity contribution in [2.24, 2.45) is 10.2 Å². The first kappa shape index (κ1) is 19.5. The predicted octanol–water partition coefficient (Wildman–Crippen LogP) is 3.74. The van der Waals surface area contributed by atoms with Crippen molar-refractivity contribution in [3.05, 3.63) is 28.8 Å². The maximum Gasteiger partial charge on any atom is 0.240 e. The summed E-state index contributed by atoms with van der Waals surface area (Å²) in [6.07, 6.45) is 1.92. The molecule has 1 atom stereocenters.